The van der Waals surface area contributed by atoms with Gasteiger partial charge in [-0.1, -0.05) is 48.0 Å². The SMILES string of the molecule is Cc1ccc2oc(CN(Cc3ccccc3Cl)C(=O)c3ccccc3F)nc2c1. The van der Waals surface area contributed by atoms with E-state index < -0.39 is 11.7 Å². The molecule has 0 fully saturated rings. The average Bonchev–Trinajstić information content (AvgIpc) is 3.10. The molecule has 4 rings (SSSR count). The van der Waals surface area contributed by atoms with Gasteiger partial charge in [0.2, 0.25) is 5.89 Å². The summed E-state index contributed by atoms with van der Waals surface area (Å²) in [5, 5.41) is 0.534. The zero-order chi connectivity index (χ0) is 20.4. The van der Waals surface area contributed by atoms with Crippen LogP contribution in [0.25, 0.3) is 11.1 Å². The zero-order valence-electron chi connectivity index (χ0n) is 15.7. The number of fused-ring (bicyclic) bond motifs is 1. The minimum Gasteiger partial charge on any atom is -0.439 e. The molecular weight excluding hydrogens is 391 g/mol. The minimum atomic E-state index is -0.574. The summed E-state index contributed by atoms with van der Waals surface area (Å²) in [6.45, 7) is 2.26. The summed E-state index contributed by atoms with van der Waals surface area (Å²) in [6.07, 6.45) is 0. The van der Waals surface area contributed by atoms with Crippen molar-refractivity contribution < 1.29 is 13.6 Å². The van der Waals surface area contributed by atoms with Gasteiger partial charge >= 0.3 is 0 Å². The van der Waals surface area contributed by atoms with Gasteiger partial charge in [-0.25, -0.2) is 9.37 Å². The van der Waals surface area contributed by atoms with Gasteiger partial charge in [0.05, 0.1) is 12.1 Å². The number of hydrogen-bond donors (Lipinski definition) is 0. The van der Waals surface area contributed by atoms with Crippen LogP contribution in [0.15, 0.2) is 71.1 Å². The van der Waals surface area contributed by atoms with Gasteiger partial charge in [-0.2, -0.15) is 0 Å². The first kappa shape index (κ1) is 19.2. The lowest BCUT2D eigenvalue weighted by molar-refractivity contribution is 0.0710. The maximum Gasteiger partial charge on any atom is 0.257 e. The largest absolute Gasteiger partial charge is 0.439 e. The van der Waals surface area contributed by atoms with Crippen LogP contribution in [0.1, 0.15) is 27.4 Å². The number of carbonyl (C=O) groups excluding carboxylic acids is 1. The van der Waals surface area contributed by atoms with E-state index in [1.54, 1.807) is 18.2 Å². The highest BCUT2D eigenvalue weighted by atomic mass is 35.5. The Bertz CT molecular complexity index is 1190. The molecule has 146 valence electrons. The first-order valence-corrected chi connectivity index (χ1v) is 9.52. The predicted octanol–water partition coefficient (Wildman–Crippen LogP) is 5.77. The summed E-state index contributed by atoms with van der Waals surface area (Å²) in [7, 11) is 0. The molecule has 0 spiro atoms. The van der Waals surface area contributed by atoms with E-state index in [1.165, 1.54) is 17.0 Å². The van der Waals surface area contributed by atoms with Crippen LogP contribution < -0.4 is 0 Å². The number of hydrogen-bond acceptors (Lipinski definition) is 3. The second-order valence-corrected chi connectivity index (χ2v) is 7.22. The lowest BCUT2D eigenvalue weighted by atomic mass is 10.1. The van der Waals surface area contributed by atoms with E-state index >= 15 is 0 Å². The molecule has 4 aromatic rings. The summed E-state index contributed by atoms with van der Waals surface area (Å²) in [5.41, 5.74) is 3.17. The van der Waals surface area contributed by atoms with Gasteiger partial charge in [-0.15, -0.1) is 0 Å². The number of aryl methyl sites for hydroxylation is 1. The number of halogens is 2. The molecule has 0 N–H and O–H groups in total. The fourth-order valence-electron chi connectivity index (χ4n) is 3.15. The number of carbonyl (C=O) groups is 1. The Kier molecular flexibility index (Phi) is 5.32. The number of oxazole rings is 1. The summed E-state index contributed by atoms with van der Waals surface area (Å²) >= 11 is 6.28. The Balaban J connectivity index is 1.69. The van der Waals surface area contributed by atoms with Gasteiger partial charge in [0.1, 0.15) is 11.3 Å². The van der Waals surface area contributed by atoms with Crippen LogP contribution in [0.2, 0.25) is 5.02 Å². The minimum absolute atomic E-state index is 0.00786. The van der Waals surface area contributed by atoms with E-state index in [4.69, 9.17) is 16.0 Å². The first-order chi connectivity index (χ1) is 14.0. The maximum absolute atomic E-state index is 14.3. The molecule has 3 aromatic carbocycles. The Labute approximate surface area is 172 Å². The van der Waals surface area contributed by atoms with Gasteiger partial charge in [0.25, 0.3) is 5.91 Å². The second-order valence-electron chi connectivity index (χ2n) is 6.81. The van der Waals surface area contributed by atoms with Gasteiger partial charge in [0, 0.05) is 11.6 Å². The van der Waals surface area contributed by atoms with Crippen LogP contribution in [-0.2, 0) is 13.1 Å². The normalized spacial score (nSPS) is 11.0. The molecule has 0 saturated carbocycles. The monoisotopic (exact) mass is 408 g/mol. The molecule has 29 heavy (non-hydrogen) atoms. The Morgan fingerprint density at radius 3 is 2.62 bits per heavy atom. The van der Waals surface area contributed by atoms with Crippen molar-refractivity contribution in [1.82, 2.24) is 9.88 Å². The third-order valence-electron chi connectivity index (χ3n) is 4.62. The number of benzene rings is 3. The molecule has 1 aromatic heterocycles. The fraction of sp³-hybridized carbons (Fsp3) is 0.130. The van der Waals surface area contributed by atoms with Crippen molar-refractivity contribution in [3.63, 3.8) is 0 Å². The van der Waals surface area contributed by atoms with Gasteiger partial charge in [-0.3, -0.25) is 4.79 Å². The highest BCUT2D eigenvalue weighted by Crippen LogP contribution is 2.23. The zero-order valence-corrected chi connectivity index (χ0v) is 16.5. The van der Waals surface area contributed by atoms with Crippen LogP contribution in [0.4, 0.5) is 4.39 Å². The third kappa shape index (κ3) is 4.15. The van der Waals surface area contributed by atoms with E-state index in [0.29, 0.717) is 16.5 Å². The van der Waals surface area contributed by atoms with Crippen molar-refractivity contribution in [3.8, 4) is 0 Å². The number of rotatable bonds is 5. The van der Waals surface area contributed by atoms with Crippen molar-refractivity contribution in [2.75, 3.05) is 0 Å². The average molecular weight is 409 g/mol. The fourth-order valence-corrected chi connectivity index (χ4v) is 3.35. The molecular formula is C23H18ClFN2O2. The van der Waals surface area contributed by atoms with Crippen molar-refractivity contribution in [1.29, 1.82) is 0 Å². The standard InChI is InChI=1S/C23H18ClFN2O2/c1-15-10-11-21-20(12-15)26-22(29-21)14-27(13-16-6-2-4-8-18(16)24)23(28)17-7-3-5-9-19(17)25/h2-12H,13-14H2,1H3. The Morgan fingerprint density at radius 2 is 1.83 bits per heavy atom. The van der Waals surface area contributed by atoms with Crippen LogP contribution in [0.5, 0.6) is 0 Å². The van der Waals surface area contributed by atoms with Gasteiger partial charge in [0.15, 0.2) is 5.58 Å². The van der Waals surface area contributed by atoms with Gasteiger partial charge < -0.3 is 9.32 Å². The van der Waals surface area contributed by atoms with Crippen molar-refractivity contribution in [2.45, 2.75) is 20.0 Å². The van der Waals surface area contributed by atoms with Crippen LogP contribution in [-0.4, -0.2) is 15.8 Å². The molecule has 0 aliphatic rings. The van der Waals surface area contributed by atoms with E-state index in [2.05, 4.69) is 4.98 Å². The van der Waals surface area contributed by atoms with E-state index in [0.717, 1.165) is 16.6 Å². The summed E-state index contributed by atoms with van der Waals surface area (Å²) in [6, 6.07) is 18.9. The van der Waals surface area contributed by atoms with Crippen LogP contribution in [0, 0.1) is 12.7 Å². The van der Waals surface area contributed by atoms with Crippen LogP contribution >= 0.6 is 11.6 Å². The number of amides is 1. The molecule has 1 heterocycles. The topological polar surface area (TPSA) is 46.3 Å². The quantitative estimate of drug-likeness (QED) is 0.421. The Morgan fingerprint density at radius 1 is 1.07 bits per heavy atom. The van der Waals surface area contributed by atoms with E-state index in [1.807, 2.05) is 43.3 Å². The maximum atomic E-state index is 14.3. The number of nitrogens with zero attached hydrogens (tertiary/aromatic N) is 2. The summed E-state index contributed by atoms with van der Waals surface area (Å²) in [4.78, 5) is 19.1. The molecule has 0 radical (unpaired) electrons. The van der Waals surface area contributed by atoms with Crippen LogP contribution in [0.3, 0.4) is 0 Å². The smallest absolute Gasteiger partial charge is 0.257 e. The molecule has 4 nitrogen and oxygen atoms in total. The van der Waals surface area contributed by atoms with Crippen molar-refractivity contribution in [3.05, 3.63) is 100 Å². The summed E-state index contributed by atoms with van der Waals surface area (Å²) in [5.74, 6) is -0.654. The molecule has 0 unspecified atom stereocenters. The first-order valence-electron chi connectivity index (χ1n) is 9.14. The van der Waals surface area contributed by atoms with Crippen molar-refractivity contribution >= 4 is 28.6 Å². The van der Waals surface area contributed by atoms with Crippen molar-refractivity contribution in [2.24, 2.45) is 0 Å². The molecule has 0 atom stereocenters. The molecule has 0 bridgehead atoms. The third-order valence-corrected chi connectivity index (χ3v) is 4.99. The highest BCUT2D eigenvalue weighted by molar-refractivity contribution is 6.31. The molecule has 0 aliphatic heterocycles. The second kappa shape index (κ2) is 8.05. The predicted molar refractivity (Wildman–Crippen MR) is 110 cm³/mol. The molecule has 0 aliphatic carbocycles. The molecule has 0 saturated heterocycles. The van der Waals surface area contributed by atoms with Gasteiger partial charge in [-0.05, 0) is 48.4 Å². The lowest BCUT2D eigenvalue weighted by Crippen LogP contribution is -2.31. The lowest BCUT2D eigenvalue weighted by Gasteiger charge is -2.22. The highest BCUT2D eigenvalue weighted by Gasteiger charge is 2.22. The molecule has 1 amide bonds. The Hall–Kier alpha value is -3.18. The molecule has 6 heteroatoms. The van der Waals surface area contributed by atoms with E-state index in [9.17, 15) is 9.18 Å². The van der Waals surface area contributed by atoms with E-state index in [-0.39, 0.29) is 18.7 Å². The number of aromatic nitrogens is 1. The summed E-state index contributed by atoms with van der Waals surface area (Å²) < 4.78 is 20.1.